The molecule has 366 valence electrons. The van der Waals surface area contributed by atoms with Crippen LogP contribution in [0.3, 0.4) is 0 Å². The van der Waals surface area contributed by atoms with E-state index in [2.05, 4.69) is 10.6 Å². The number of nitrogens with one attached hydrogen (secondary N) is 2. The lowest BCUT2D eigenvalue weighted by Crippen LogP contribution is -2.44. The van der Waals surface area contributed by atoms with Crippen molar-refractivity contribution in [3.63, 3.8) is 0 Å². The molecule has 19 nitrogen and oxygen atoms in total. The van der Waals surface area contributed by atoms with Gasteiger partial charge in [-0.05, 0) is 48.9 Å². The molecule has 4 aromatic rings. The average Bonchev–Trinajstić information content (AvgIpc) is 4.07. The van der Waals surface area contributed by atoms with E-state index in [4.69, 9.17) is 23.9 Å². The second-order valence-electron chi connectivity index (χ2n) is 17.7. The first-order valence-electron chi connectivity index (χ1n) is 23.4. The van der Waals surface area contributed by atoms with Crippen molar-refractivity contribution in [3.8, 4) is 22.9 Å². The lowest BCUT2D eigenvalue weighted by molar-refractivity contribution is -0.172. The number of carbonyl (C=O) groups excluding carboxylic acids is 8. The number of amides is 4. The molecule has 0 radical (unpaired) electrons. The molecule has 0 saturated carbocycles. The van der Waals surface area contributed by atoms with Gasteiger partial charge in [-0.1, -0.05) is 43.7 Å². The molecule has 2 aromatic heterocycles. The monoisotopic (exact) mass is 959 g/mol. The molecule has 2 atom stereocenters. The van der Waals surface area contributed by atoms with E-state index in [1.165, 1.54) is 16.7 Å². The molecule has 70 heavy (non-hydrogen) atoms. The number of benzene rings is 2. The highest BCUT2D eigenvalue weighted by atomic mass is 16.7. The van der Waals surface area contributed by atoms with Crippen LogP contribution in [0, 0.1) is 5.92 Å². The lowest BCUT2D eigenvalue weighted by atomic mass is 9.86. The average molecular weight is 960 g/mol. The second kappa shape index (κ2) is 21.5. The lowest BCUT2D eigenvalue weighted by Gasteiger charge is -2.31. The van der Waals surface area contributed by atoms with Gasteiger partial charge in [-0.15, -0.1) is 0 Å². The van der Waals surface area contributed by atoms with Crippen LogP contribution >= 0.6 is 0 Å². The van der Waals surface area contributed by atoms with Crippen molar-refractivity contribution in [2.45, 2.75) is 96.5 Å². The number of imide groups is 1. The summed E-state index contributed by atoms with van der Waals surface area (Å²) in [5.41, 5.74) is 1.52. The molecule has 19 heteroatoms. The summed E-state index contributed by atoms with van der Waals surface area (Å²) in [4.78, 5) is 121. The maximum absolute atomic E-state index is 13.9. The van der Waals surface area contributed by atoms with E-state index in [0.29, 0.717) is 64.2 Å². The molecule has 4 amide bonds. The van der Waals surface area contributed by atoms with Gasteiger partial charge in [0.15, 0.2) is 28.7 Å². The highest BCUT2D eigenvalue weighted by Gasteiger charge is 2.45. The zero-order valence-electron chi connectivity index (χ0n) is 38.7. The number of esters is 1. The molecule has 3 N–H and O–H groups in total. The summed E-state index contributed by atoms with van der Waals surface area (Å²) >= 11 is 0. The molecule has 0 bridgehead atoms. The number of ether oxygens (including phenoxy) is 4. The van der Waals surface area contributed by atoms with Gasteiger partial charge in [-0.2, -0.15) is 0 Å². The number of cyclic esters (lactones) is 1. The summed E-state index contributed by atoms with van der Waals surface area (Å²) in [7, 11) is 0. The number of hydrogen-bond donors (Lipinski definition) is 3. The highest BCUT2D eigenvalue weighted by Crippen LogP contribution is 2.43. The Morgan fingerprint density at radius 3 is 2.33 bits per heavy atom. The molecule has 6 heterocycles. The van der Waals surface area contributed by atoms with Crippen LogP contribution in [0.5, 0.6) is 11.5 Å². The molecule has 0 saturated heterocycles. The van der Waals surface area contributed by atoms with E-state index in [-0.39, 0.29) is 132 Å². The fourth-order valence-corrected chi connectivity index (χ4v) is 9.08. The van der Waals surface area contributed by atoms with E-state index in [1.54, 1.807) is 25.1 Å². The topological polar surface area (TPSA) is 256 Å². The summed E-state index contributed by atoms with van der Waals surface area (Å²) in [5.74, 6) is -3.23. The highest BCUT2D eigenvalue weighted by molar-refractivity contribution is 6.12. The minimum absolute atomic E-state index is 0.00476. The molecule has 2 aromatic carbocycles. The van der Waals surface area contributed by atoms with Crippen molar-refractivity contribution in [3.05, 3.63) is 98.9 Å². The second-order valence-corrected chi connectivity index (χ2v) is 17.7. The number of aliphatic hydroxyl groups is 1. The maximum atomic E-state index is 13.9. The van der Waals surface area contributed by atoms with Crippen LogP contribution in [0.15, 0.2) is 65.5 Å². The van der Waals surface area contributed by atoms with E-state index in [1.807, 2.05) is 30.3 Å². The van der Waals surface area contributed by atoms with Gasteiger partial charge in [0.05, 0.1) is 55.3 Å². The van der Waals surface area contributed by atoms with Gasteiger partial charge in [0.25, 0.3) is 17.4 Å². The van der Waals surface area contributed by atoms with Crippen molar-refractivity contribution < 1.29 is 62.4 Å². The molecule has 4 aliphatic heterocycles. The van der Waals surface area contributed by atoms with Crippen LogP contribution in [0.2, 0.25) is 0 Å². The molecular formula is C51H53N5O14. The van der Waals surface area contributed by atoms with Gasteiger partial charge < -0.3 is 39.3 Å². The number of carbonyl (C=O) groups is 8. The van der Waals surface area contributed by atoms with Gasteiger partial charge in [0.1, 0.15) is 12.4 Å². The predicted molar refractivity (Wildman–Crippen MR) is 248 cm³/mol. The third-order valence-electron chi connectivity index (χ3n) is 13.1. The Kier molecular flexibility index (Phi) is 15.1. The number of hydrogen-bond acceptors (Lipinski definition) is 15. The molecule has 0 aliphatic carbocycles. The summed E-state index contributed by atoms with van der Waals surface area (Å²) in [5, 5.41) is 17.2. The Labute approximate surface area is 401 Å². The molecular weight excluding hydrogens is 907 g/mol. The van der Waals surface area contributed by atoms with Crippen LogP contribution in [-0.2, 0) is 79.6 Å². The summed E-state index contributed by atoms with van der Waals surface area (Å²) in [6.07, 6.45) is 4.25. The number of nitrogens with zero attached hydrogens (tertiary/aromatic N) is 3. The van der Waals surface area contributed by atoms with Crippen LogP contribution in [0.4, 0.5) is 0 Å². The van der Waals surface area contributed by atoms with Gasteiger partial charge in [0, 0.05) is 79.3 Å². The largest absolute Gasteiger partial charge is 0.458 e. The Bertz CT molecular complexity index is 2860. The first kappa shape index (κ1) is 49.1. The number of aromatic nitrogens is 2. The predicted octanol–water partition coefficient (Wildman–Crippen LogP) is 3.17. The van der Waals surface area contributed by atoms with Crippen molar-refractivity contribution in [1.29, 1.82) is 0 Å². The molecule has 4 aliphatic rings. The zero-order chi connectivity index (χ0) is 49.5. The number of Topliss-reactive ketones (excluding diaryl/α,β-unsaturated/α-hetero) is 3. The Morgan fingerprint density at radius 1 is 0.829 bits per heavy atom. The maximum Gasteiger partial charge on any atom is 0.343 e. The number of fused-ring (bicyclic) bond motifs is 6. The van der Waals surface area contributed by atoms with Crippen LogP contribution in [0.25, 0.3) is 22.3 Å². The minimum atomic E-state index is -2.00. The first-order chi connectivity index (χ1) is 33.7. The zero-order valence-corrected chi connectivity index (χ0v) is 38.7. The quantitative estimate of drug-likeness (QED) is 0.0456. The van der Waals surface area contributed by atoms with E-state index < -0.39 is 40.6 Å². The van der Waals surface area contributed by atoms with Crippen molar-refractivity contribution in [2.24, 2.45) is 5.92 Å². The van der Waals surface area contributed by atoms with Crippen molar-refractivity contribution in [1.82, 2.24) is 25.1 Å². The third-order valence-corrected chi connectivity index (χ3v) is 13.1. The van der Waals surface area contributed by atoms with E-state index in [9.17, 15) is 48.3 Å². The van der Waals surface area contributed by atoms with Gasteiger partial charge in [-0.25, -0.2) is 9.78 Å². The fraction of sp³-hybridized carbons (Fsp3) is 0.412. The van der Waals surface area contributed by atoms with Gasteiger partial charge in [-0.3, -0.25) is 43.3 Å². The molecule has 0 unspecified atom stereocenters. The SMILES string of the molecule is CC[C@@]1(O)C(=O)OCc2c1cc1n(c2=O)Cc2c-1nc1cc3c(cc1c2COCCC(=O)CNC(=O)[C@@H](CC(=O)CNC(=O)CCC(=O)CCCCCN1C(=O)C=CC1=O)Cc1ccccc1)OCO3. The third kappa shape index (κ3) is 10.7. The summed E-state index contributed by atoms with van der Waals surface area (Å²) < 4.78 is 24.1. The Morgan fingerprint density at radius 2 is 1.57 bits per heavy atom. The van der Waals surface area contributed by atoms with E-state index in [0.717, 1.165) is 10.5 Å². The van der Waals surface area contributed by atoms with Crippen LogP contribution < -0.4 is 25.7 Å². The fourth-order valence-electron chi connectivity index (χ4n) is 9.08. The number of pyridine rings is 2. The van der Waals surface area contributed by atoms with Crippen molar-refractivity contribution >= 4 is 57.9 Å². The Hall–Kier alpha value is -7.38. The number of unbranched alkanes of at least 4 members (excludes halogenated alkanes) is 2. The van der Waals surface area contributed by atoms with Crippen LogP contribution in [0.1, 0.15) is 92.5 Å². The van der Waals surface area contributed by atoms with Gasteiger partial charge in [0.2, 0.25) is 18.6 Å². The number of rotatable bonds is 24. The molecule has 8 rings (SSSR count). The van der Waals surface area contributed by atoms with Crippen molar-refractivity contribution in [2.75, 3.05) is 33.0 Å². The van der Waals surface area contributed by atoms with E-state index >= 15 is 0 Å². The first-order valence-corrected chi connectivity index (χ1v) is 23.4. The van der Waals surface area contributed by atoms with Crippen LogP contribution in [-0.4, -0.2) is 99.5 Å². The number of ketones is 3. The summed E-state index contributed by atoms with van der Waals surface area (Å²) in [6, 6.07) is 14.2. The molecule has 0 spiro atoms. The minimum Gasteiger partial charge on any atom is -0.458 e. The Balaban J connectivity index is 0.829. The van der Waals surface area contributed by atoms with Gasteiger partial charge >= 0.3 is 5.97 Å². The summed E-state index contributed by atoms with van der Waals surface area (Å²) in [6.45, 7) is 1.10. The molecule has 0 fully saturated rings. The smallest absolute Gasteiger partial charge is 0.343 e. The standard InChI is InChI=1S/C51H53N5O14/c1-2-51(66)39-22-41-47-36(26-56(41)49(64)38(39)28-68-50(51)65)37(35-21-42-43(70-29-69-42)23-40(35)54-47)27-67-18-16-33(58)24-53-48(63)31(19-30-9-5-3-6-10-30)20-34(59)25-52-44(60)13-12-32(57)11-7-4-8-17-55-45(61)14-15-46(55)62/h3,5-6,9-10,14-15,21-23,31,66H,2,4,7-8,11-13,16-20,24-29H2,1H3,(H,52,60)(H,53,63)/t31-,51+/m1/s1. The normalized spacial score (nSPS) is 16.7.